The molecule has 0 aromatic heterocycles. The molecule has 0 saturated carbocycles. The summed E-state index contributed by atoms with van der Waals surface area (Å²) in [5.74, 6) is 0.208. The molecule has 2 nitrogen and oxygen atoms in total. The van der Waals surface area contributed by atoms with Gasteiger partial charge in [-0.15, -0.1) is 0 Å². The van der Waals surface area contributed by atoms with Crippen LogP contribution in [0.25, 0.3) is 0 Å². The average Bonchev–Trinajstić information content (AvgIpc) is 2.54. The number of benzene rings is 1. The molecule has 0 aliphatic carbocycles. The molecule has 1 heterocycles. The molecule has 1 aromatic carbocycles. The van der Waals surface area contributed by atoms with E-state index < -0.39 is 0 Å². The maximum Gasteiger partial charge on any atom is 0.129 e. The highest BCUT2D eigenvalue weighted by Crippen LogP contribution is 2.38. The van der Waals surface area contributed by atoms with E-state index in [-0.39, 0.29) is 11.9 Å². The number of likely N-dealkylation sites (tertiary alicyclic amines) is 1. The van der Waals surface area contributed by atoms with Crippen LogP contribution in [0.15, 0.2) is 18.2 Å². The van der Waals surface area contributed by atoms with Gasteiger partial charge in [0.05, 0.1) is 0 Å². The highest BCUT2D eigenvalue weighted by molar-refractivity contribution is 6.31. The van der Waals surface area contributed by atoms with Crippen molar-refractivity contribution in [2.45, 2.75) is 25.3 Å². The minimum absolute atomic E-state index is 0.0589. The lowest BCUT2D eigenvalue weighted by molar-refractivity contribution is 0.186. The Morgan fingerprint density at radius 2 is 2.21 bits per heavy atom. The molecule has 2 rings (SSSR count). The first-order chi connectivity index (χ1) is 9.15. The van der Waals surface area contributed by atoms with Crippen LogP contribution in [0.5, 0.6) is 0 Å². The van der Waals surface area contributed by atoms with E-state index >= 15 is 0 Å². The van der Waals surface area contributed by atoms with Gasteiger partial charge in [0.15, 0.2) is 0 Å². The lowest BCUT2D eigenvalue weighted by atomic mass is 9.89. The maximum atomic E-state index is 14.2. The molecule has 0 bridgehead atoms. The summed E-state index contributed by atoms with van der Waals surface area (Å²) in [6.07, 6.45) is 3.47. The third-order valence-corrected chi connectivity index (χ3v) is 4.35. The quantitative estimate of drug-likeness (QED) is 0.914. The van der Waals surface area contributed by atoms with Crippen molar-refractivity contribution >= 4 is 11.6 Å². The average molecular weight is 285 g/mol. The van der Waals surface area contributed by atoms with E-state index in [9.17, 15) is 4.39 Å². The molecule has 1 saturated heterocycles. The molecule has 1 aliphatic heterocycles. The number of nitrogens with zero attached hydrogens (tertiary/aromatic N) is 1. The molecule has 1 aromatic rings. The molecule has 2 unspecified atom stereocenters. The first kappa shape index (κ1) is 14.8. The molecule has 0 spiro atoms. The van der Waals surface area contributed by atoms with Gasteiger partial charge in [-0.25, -0.2) is 4.39 Å². The van der Waals surface area contributed by atoms with E-state index in [4.69, 9.17) is 11.6 Å². The molecule has 2 atom stereocenters. The van der Waals surface area contributed by atoms with Crippen molar-refractivity contribution in [3.8, 4) is 0 Å². The second-order valence-electron chi connectivity index (χ2n) is 5.37. The van der Waals surface area contributed by atoms with Crippen molar-refractivity contribution in [3.63, 3.8) is 0 Å². The highest BCUT2D eigenvalue weighted by Gasteiger charge is 2.31. The van der Waals surface area contributed by atoms with Crippen molar-refractivity contribution in [1.29, 1.82) is 0 Å². The summed E-state index contributed by atoms with van der Waals surface area (Å²) in [7, 11) is 4.02. The Kier molecular flexibility index (Phi) is 5.20. The number of rotatable bonds is 3. The van der Waals surface area contributed by atoms with Gasteiger partial charge < -0.3 is 5.32 Å². The zero-order chi connectivity index (χ0) is 13.8. The minimum atomic E-state index is -0.188. The fourth-order valence-electron chi connectivity index (χ4n) is 3.15. The topological polar surface area (TPSA) is 15.3 Å². The van der Waals surface area contributed by atoms with E-state index in [0.29, 0.717) is 16.5 Å². The molecule has 4 heteroatoms. The Hall–Kier alpha value is -0.640. The predicted molar refractivity (Wildman–Crippen MR) is 78.0 cm³/mol. The molecular formula is C15H22ClFN2. The van der Waals surface area contributed by atoms with E-state index in [1.54, 1.807) is 12.1 Å². The van der Waals surface area contributed by atoms with Crippen LogP contribution in [0.4, 0.5) is 4.39 Å². The van der Waals surface area contributed by atoms with Gasteiger partial charge in [-0.2, -0.15) is 0 Å². The fourth-order valence-corrected chi connectivity index (χ4v) is 3.42. The number of hydrogen-bond donors (Lipinski definition) is 1. The van der Waals surface area contributed by atoms with Gasteiger partial charge in [0.2, 0.25) is 0 Å². The predicted octanol–water partition coefficient (Wildman–Crippen LogP) is 3.47. The standard InChI is InChI=1S/C15H22ClFN2/c1-18-10-11-6-3-4-9-19(2)15(11)14-12(16)7-5-8-13(14)17/h5,7-8,11,15,18H,3-4,6,9-10H2,1-2H3. The summed E-state index contributed by atoms with van der Waals surface area (Å²) in [6, 6.07) is 5.03. The second kappa shape index (κ2) is 6.69. The third kappa shape index (κ3) is 3.28. The van der Waals surface area contributed by atoms with Crippen molar-refractivity contribution in [2.24, 2.45) is 5.92 Å². The van der Waals surface area contributed by atoms with Crippen molar-refractivity contribution in [1.82, 2.24) is 10.2 Å². The van der Waals surface area contributed by atoms with Gasteiger partial charge in [0.25, 0.3) is 0 Å². The Morgan fingerprint density at radius 1 is 1.42 bits per heavy atom. The van der Waals surface area contributed by atoms with Crippen LogP contribution < -0.4 is 5.32 Å². The highest BCUT2D eigenvalue weighted by atomic mass is 35.5. The van der Waals surface area contributed by atoms with Crippen molar-refractivity contribution < 1.29 is 4.39 Å². The maximum absolute atomic E-state index is 14.2. The van der Waals surface area contributed by atoms with E-state index in [2.05, 4.69) is 17.3 Å². The van der Waals surface area contributed by atoms with Crippen LogP contribution >= 0.6 is 11.6 Å². The summed E-state index contributed by atoms with van der Waals surface area (Å²) in [5.41, 5.74) is 0.661. The largest absolute Gasteiger partial charge is 0.319 e. The molecular weight excluding hydrogens is 263 g/mol. The van der Waals surface area contributed by atoms with Gasteiger partial charge in [0, 0.05) is 16.6 Å². The van der Waals surface area contributed by atoms with Crippen LogP contribution in [0.3, 0.4) is 0 Å². The molecule has 1 fully saturated rings. The second-order valence-corrected chi connectivity index (χ2v) is 5.78. The summed E-state index contributed by atoms with van der Waals surface area (Å²) in [4.78, 5) is 2.25. The van der Waals surface area contributed by atoms with Gasteiger partial charge in [-0.05, 0) is 58.1 Å². The van der Waals surface area contributed by atoms with Crippen LogP contribution in [0, 0.1) is 11.7 Å². The Bertz CT molecular complexity index is 404. The Morgan fingerprint density at radius 3 is 2.89 bits per heavy atom. The zero-order valence-electron chi connectivity index (χ0n) is 11.6. The van der Waals surface area contributed by atoms with E-state index in [1.807, 2.05) is 7.05 Å². The number of halogens is 2. The fraction of sp³-hybridized carbons (Fsp3) is 0.600. The van der Waals surface area contributed by atoms with Gasteiger partial charge >= 0.3 is 0 Å². The number of nitrogens with one attached hydrogen (secondary N) is 1. The molecule has 1 N–H and O–H groups in total. The van der Waals surface area contributed by atoms with Gasteiger partial charge in [0.1, 0.15) is 5.82 Å². The van der Waals surface area contributed by atoms with Crippen LogP contribution in [-0.4, -0.2) is 32.1 Å². The molecule has 106 valence electrons. The lowest BCUT2D eigenvalue weighted by Gasteiger charge is -2.33. The van der Waals surface area contributed by atoms with Crippen LogP contribution in [0.2, 0.25) is 5.02 Å². The summed E-state index contributed by atoms with van der Waals surface area (Å²) in [5, 5.41) is 3.77. The summed E-state index contributed by atoms with van der Waals surface area (Å²) < 4.78 is 14.2. The monoisotopic (exact) mass is 284 g/mol. The van der Waals surface area contributed by atoms with E-state index in [1.165, 1.54) is 18.9 Å². The first-order valence-electron chi connectivity index (χ1n) is 6.94. The Balaban J connectivity index is 2.40. The van der Waals surface area contributed by atoms with Crippen molar-refractivity contribution in [3.05, 3.63) is 34.6 Å². The molecule has 0 amide bonds. The van der Waals surface area contributed by atoms with Crippen LogP contribution in [0.1, 0.15) is 30.9 Å². The number of hydrogen-bond acceptors (Lipinski definition) is 2. The molecule has 0 radical (unpaired) electrons. The van der Waals surface area contributed by atoms with Crippen LogP contribution in [-0.2, 0) is 0 Å². The normalized spacial score (nSPS) is 25.3. The summed E-state index contributed by atoms with van der Waals surface area (Å²) >= 11 is 6.26. The third-order valence-electron chi connectivity index (χ3n) is 4.02. The van der Waals surface area contributed by atoms with Gasteiger partial charge in [-0.1, -0.05) is 24.1 Å². The zero-order valence-corrected chi connectivity index (χ0v) is 12.4. The smallest absolute Gasteiger partial charge is 0.129 e. The first-order valence-corrected chi connectivity index (χ1v) is 7.31. The molecule has 1 aliphatic rings. The summed E-state index contributed by atoms with van der Waals surface area (Å²) in [6.45, 7) is 1.88. The minimum Gasteiger partial charge on any atom is -0.319 e. The van der Waals surface area contributed by atoms with E-state index in [0.717, 1.165) is 19.5 Å². The molecule has 19 heavy (non-hydrogen) atoms. The van der Waals surface area contributed by atoms with Crippen molar-refractivity contribution in [2.75, 3.05) is 27.2 Å². The Labute approximate surface area is 119 Å². The SMILES string of the molecule is CNCC1CCCCN(C)C1c1c(F)cccc1Cl. The van der Waals surface area contributed by atoms with Gasteiger partial charge in [-0.3, -0.25) is 4.90 Å². The lowest BCUT2D eigenvalue weighted by Crippen LogP contribution is -2.34.